The van der Waals surface area contributed by atoms with Crippen LogP contribution in [-0.4, -0.2) is 4.98 Å². The monoisotopic (exact) mass is 354 g/mol. The predicted octanol–water partition coefficient (Wildman–Crippen LogP) is 6.23. The van der Waals surface area contributed by atoms with Gasteiger partial charge < -0.3 is 5.32 Å². The first-order valence-electron chi connectivity index (χ1n) is 6.59. The van der Waals surface area contributed by atoms with Crippen molar-refractivity contribution in [2.24, 2.45) is 0 Å². The van der Waals surface area contributed by atoms with Crippen LogP contribution in [0.5, 0.6) is 0 Å². The molecule has 3 rings (SSSR count). The van der Waals surface area contributed by atoms with Gasteiger partial charge in [0.25, 0.3) is 0 Å². The highest BCUT2D eigenvalue weighted by molar-refractivity contribution is 7.19. The lowest BCUT2D eigenvalue weighted by molar-refractivity contribution is -0.140. The standard InChI is InChI=1S/C16H10ClF3N2S/c17-11-6-4-5-10(9-11)13-14(16(18,19)20)22-15(23-13)21-12-7-2-1-3-8-12/h1-9H,(H,21,22). The van der Waals surface area contributed by atoms with Gasteiger partial charge in [-0.05, 0) is 29.8 Å². The molecule has 3 aromatic rings. The van der Waals surface area contributed by atoms with Crippen molar-refractivity contribution in [2.45, 2.75) is 6.18 Å². The van der Waals surface area contributed by atoms with Gasteiger partial charge in [0.2, 0.25) is 0 Å². The number of hydrogen-bond donors (Lipinski definition) is 1. The van der Waals surface area contributed by atoms with Crippen LogP contribution >= 0.6 is 22.9 Å². The Morgan fingerprint density at radius 2 is 1.74 bits per heavy atom. The molecule has 0 bridgehead atoms. The maximum absolute atomic E-state index is 13.3. The van der Waals surface area contributed by atoms with Gasteiger partial charge in [-0.15, -0.1) is 0 Å². The summed E-state index contributed by atoms with van der Waals surface area (Å²) in [6, 6.07) is 15.2. The number of benzene rings is 2. The summed E-state index contributed by atoms with van der Waals surface area (Å²) in [5, 5.41) is 3.45. The smallest absolute Gasteiger partial charge is 0.332 e. The minimum Gasteiger partial charge on any atom is -0.332 e. The second-order valence-electron chi connectivity index (χ2n) is 4.70. The van der Waals surface area contributed by atoms with Gasteiger partial charge in [0, 0.05) is 10.7 Å². The van der Waals surface area contributed by atoms with E-state index in [0.717, 1.165) is 11.3 Å². The fraction of sp³-hybridized carbons (Fsp3) is 0.0625. The number of thiazole rings is 1. The molecule has 0 radical (unpaired) electrons. The minimum absolute atomic E-state index is 0.0402. The van der Waals surface area contributed by atoms with Crippen LogP contribution < -0.4 is 5.32 Å². The second-order valence-corrected chi connectivity index (χ2v) is 6.13. The van der Waals surface area contributed by atoms with E-state index >= 15 is 0 Å². The lowest BCUT2D eigenvalue weighted by Crippen LogP contribution is -2.07. The number of anilines is 2. The number of nitrogens with zero attached hydrogens (tertiary/aromatic N) is 1. The van der Waals surface area contributed by atoms with Crippen molar-refractivity contribution in [2.75, 3.05) is 5.32 Å². The van der Waals surface area contributed by atoms with Crippen LogP contribution in [0.1, 0.15) is 5.69 Å². The summed E-state index contributed by atoms with van der Waals surface area (Å²) in [6.45, 7) is 0. The Morgan fingerprint density at radius 3 is 2.39 bits per heavy atom. The maximum Gasteiger partial charge on any atom is 0.434 e. The Morgan fingerprint density at radius 1 is 1.00 bits per heavy atom. The van der Waals surface area contributed by atoms with E-state index in [1.807, 2.05) is 6.07 Å². The third-order valence-corrected chi connectivity index (χ3v) is 4.26. The summed E-state index contributed by atoms with van der Waals surface area (Å²) < 4.78 is 39.8. The molecule has 23 heavy (non-hydrogen) atoms. The number of hydrogen-bond acceptors (Lipinski definition) is 3. The first-order valence-corrected chi connectivity index (χ1v) is 7.79. The van der Waals surface area contributed by atoms with Gasteiger partial charge in [0.1, 0.15) is 0 Å². The Bertz CT molecular complexity index is 816. The number of nitrogens with one attached hydrogen (secondary N) is 1. The van der Waals surface area contributed by atoms with E-state index < -0.39 is 11.9 Å². The zero-order chi connectivity index (χ0) is 16.4. The van der Waals surface area contributed by atoms with Crippen LogP contribution in [-0.2, 0) is 6.18 Å². The van der Waals surface area contributed by atoms with Crippen molar-refractivity contribution in [3.8, 4) is 10.4 Å². The average Bonchev–Trinajstić information content (AvgIpc) is 2.92. The number of halogens is 4. The van der Waals surface area contributed by atoms with Crippen LogP contribution in [0.15, 0.2) is 54.6 Å². The van der Waals surface area contributed by atoms with Gasteiger partial charge in [-0.25, -0.2) is 4.98 Å². The van der Waals surface area contributed by atoms with Crippen molar-refractivity contribution in [1.82, 2.24) is 4.98 Å². The topological polar surface area (TPSA) is 24.9 Å². The van der Waals surface area contributed by atoms with Gasteiger partial charge in [0.05, 0.1) is 4.88 Å². The molecule has 1 N–H and O–H groups in total. The normalized spacial score (nSPS) is 11.5. The lowest BCUT2D eigenvalue weighted by Gasteiger charge is -2.06. The Labute approximate surface area is 139 Å². The average molecular weight is 355 g/mol. The van der Waals surface area contributed by atoms with Gasteiger partial charge in [0.15, 0.2) is 10.8 Å². The molecule has 0 unspecified atom stereocenters. The zero-order valence-electron chi connectivity index (χ0n) is 11.6. The summed E-state index contributed by atoms with van der Waals surface area (Å²) in [7, 11) is 0. The van der Waals surface area contributed by atoms with Crippen LogP contribution in [0, 0.1) is 0 Å². The molecular weight excluding hydrogens is 345 g/mol. The molecule has 0 amide bonds. The van der Waals surface area contributed by atoms with Gasteiger partial charge >= 0.3 is 6.18 Å². The lowest BCUT2D eigenvalue weighted by atomic mass is 10.1. The summed E-state index contributed by atoms with van der Waals surface area (Å²) in [5.41, 5.74) is 0.152. The van der Waals surface area contributed by atoms with Crippen LogP contribution in [0.2, 0.25) is 5.02 Å². The SMILES string of the molecule is FC(F)(F)c1nc(Nc2ccccc2)sc1-c1cccc(Cl)c1. The molecule has 7 heteroatoms. The molecule has 0 spiro atoms. The second kappa shape index (κ2) is 6.22. The highest BCUT2D eigenvalue weighted by atomic mass is 35.5. The zero-order valence-corrected chi connectivity index (χ0v) is 13.1. The molecule has 0 saturated heterocycles. The largest absolute Gasteiger partial charge is 0.434 e. The third kappa shape index (κ3) is 3.65. The summed E-state index contributed by atoms with van der Waals surface area (Å²) >= 11 is 6.83. The Balaban J connectivity index is 2.04. The third-order valence-electron chi connectivity index (χ3n) is 3.01. The molecule has 2 nitrogen and oxygen atoms in total. The highest BCUT2D eigenvalue weighted by Gasteiger charge is 2.38. The fourth-order valence-corrected chi connectivity index (χ4v) is 3.23. The van der Waals surface area contributed by atoms with E-state index in [4.69, 9.17) is 11.6 Å². The van der Waals surface area contributed by atoms with E-state index in [0.29, 0.717) is 16.3 Å². The fourth-order valence-electron chi connectivity index (χ4n) is 2.04. The quantitative estimate of drug-likeness (QED) is 0.603. The molecule has 1 aromatic heterocycles. The van der Waals surface area contributed by atoms with E-state index in [1.165, 1.54) is 6.07 Å². The maximum atomic E-state index is 13.3. The molecule has 0 aliphatic carbocycles. The first-order chi connectivity index (χ1) is 10.9. The highest BCUT2D eigenvalue weighted by Crippen LogP contribution is 2.42. The van der Waals surface area contributed by atoms with Crippen LogP contribution in [0.25, 0.3) is 10.4 Å². The molecule has 0 atom stereocenters. The Hall–Kier alpha value is -2.05. The Kier molecular flexibility index (Phi) is 4.28. The molecule has 0 aliphatic heterocycles. The summed E-state index contributed by atoms with van der Waals surface area (Å²) in [6.07, 6.45) is -4.54. The van der Waals surface area contributed by atoms with Crippen LogP contribution in [0.3, 0.4) is 0 Å². The van der Waals surface area contributed by atoms with Crippen molar-refractivity contribution < 1.29 is 13.2 Å². The molecule has 0 fully saturated rings. The van der Waals surface area contributed by atoms with Crippen molar-refractivity contribution in [3.63, 3.8) is 0 Å². The molecule has 2 aromatic carbocycles. The minimum atomic E-state index is -4.54. The summed E-state index contributed by atoms with van der Waals surface area (Å²) in [4.78, 5) is 3.76. The van der Waals surface area contributed by atoms with E-state index in [-0.39, 0.29) is 10.0 Å². The molecular formula is C16H10ClF3N2S. The molecule has 0 aliphatic rings. The van der Waals surface area contributed by atoms with E-state index in [2.05, 4.69) is 10.3 Å². The number of para-hydroxylation sites is 1. The molecule has 1 heterocycles. The number of alkyl halides is 3. The molecule has 118 valence electrons. The van der Waals surface area contributed by atoms with E-state index in [1.54, 1.807) is 42.5 Å². The van der Waals surface area contributed by atoms with Gasteiger partial charge in [-0.2, -0.15) is 13.2 Å². The van der Waals surface area contributed by atoms with Crippen LogP contribution in [0.4, 0.5) is 24.0 Å². The van der Waals surface area contributed by atoms with Gasteiger partial charge in [-0.3, -0.25) is 0 Å². The first kappa shape index (κ1) is 15.8. The van der Waals surface area contributed by atoms with Crippen molar-refractivity contribution in [1.29, 1.82) is 0 Å². The van der Waals surface area contributed by atoms with Crippen molar-refractivity contribution in [3.05, 3.63) is 65.3 Å². The predicted molar refractivity (Wildman–Crippen MR) is 87.3 cm³/mol. The number of aromatic nitrogens is 1. The molecule has 0 saturated carbocycles. The number of rotatable bonds is 3. The van der Waals surface area contributed by atoms with Gasteiger partial charge in [-0.1, -0.05) is 53.3 Å². The van der Waals surface area contributed by atoms with E-state index in [9.17, 15) is 13.2 Å². The van der Waals surface area contributed by atoms with Crippen molar-refractivity contribution >= 4 is 33.8 Å². The summed E-state index contributed by atoms with van der Waals surface area (Å²) in [5.74, 6) is 0.